The summed E-state index contributed by atoms with van der Waals surface area (Å²) in [6.45, 7) is 2.08. The standard InChI is InChI=1S/C13H13N5/c1-9(10-6-14-15-7-10)17-13-8-16-18-12-5-3-2-4-11(12)13/h2-9H,1H3,(H,14,15)(H,17,18). The lowest BCUT2D eigenvalue weighted by Crippen LogP contribution is -2.06. The molecule has 0 aliphatic carbocycles. The third-order valence-corrected chi connectivity index (χ3v) is 2.94. The van der Waals surface area contributed by atoms with Crippen LogP contribution in [0.4, 0.5) is 5.69 Å². The van der Waals surface area contributed by atoms with Crippen LogP contribution in [-0.4, -0.2) is 20.4 Å². The number of benzene rings is 1. The highest BCUT2D eigenvalue weighted by molar-refractivity contribution is 5.90. The molecule has 0 saturated heterocycles. The largest absolute Gasteiger partial charge is 0.377 e. The Morgan fingerprint density at radius 2 is 2.11 bits per heavy atom. The number of H-pyrrole nitrogens is 1. The number of aromatic amines is 1. The van der Waals surface area contributed by atoms with Gasteiger partial charge in [0.2, 0.25) is 0 Å². The lowest BCUT2D eigenvalue weighted by molar-refractivity contribution is 0.883. The van der Waals surface area contributed by atoms with E-state index in [1.807, 2.05) is 36.7 Å². The number of aromatic nitrogens is 4. The molecule has 90 valence electrons. The van der Waals surface area contributed by atoms with Crippen LogP contribution in [-0.2, 0) is 0 Å². The number of hydrogen-bond acceptors (Lipinski definition) is 4. The molecule has 0 spiro atoms. The first kappa shape index (κ1) is 10.7. The molecule has 5 nitrogen and oxygen atoms in total. The number of nitrogens with zero attached hydrogens (tertiary/aromatic N) is 3. The van der Waals surface area contributed by atoms with Crippen LogP contribution in [0.2, 0.25) is 0 Å². The second-order valence-corrected chi connectivity index (χ2v) is 4.17. The smallest absolute Gasteiger partial charge is 0.0950 e. The highest BCUT2D eigenvalue weighted by Crippen LogP contribution is 2.24. The number of fused-ring (bicyclic) bond motifs is 1. The molecule has 0 aliphatic heterocycles. The van der Waals surface area contributed by atoms with Crippen molar-refractivity contribution < 1.29 is 0 Å². The molecule has 2 heterocycles. The van der Waals surface area contributed by atoms with Crippen molar-refractivity contribution in [3.63, 3.8) is 0 Å². The predicted molar refractivity (Wildman–Crippen MR) is 70.2 cm³/mol. The first-order chi connectivity index (χ1) is 8.84. The van der Waals surface area contributed by atoms with Crippen molar-refractivity contribution in [2.24, 2.45) is 0 Å². The Bertz CT molecular complexity index is 642. The maximum Gasteiger partial charge on any atom is 0.0950 e. The zero-order chi connectivity index (χ0) is 12.4. The van der Waals surface area contributed by atoms with Gasteiger partial charge in [0.05, 0.1) is 29.6 Å². The summed E-state index contributed by atoms with van der Waals surface area (Å²) in [4.78, 5) is 0. The zero-order valence-corrected chi connectivity index (χ0v) is 9.96. The van der Waals surface area contributed by atoms with Crippen LogP contribution in [0, 0.1) is 0 Å². The molecule has 0 fully saturated rings. The molecule has 2 N–H and O–H groups in total. The SMILES string of the molecule is CC(Nc1cnnc2ccccc12)c1cn[nH]c1. The van der Waals surface area contributed by atoms with Crippen molar-refractivity contribution in [3.8, 4) is 0 Å². The molecule has 0 bridgehead atoms. The highest BCUT2D eigenvalue weighted by atomic mass is 15.1. The van der Waals surface area contributed by atoms with Crippen molar-refractivity contribution in [2.75, 3.05) is 5.32 Å². The molecule has 5 heteroatoms. The van der Waals surface area contributed by atoms with E-state index in [1.54, 1.807) is 6.20 Å². The third kappa shape index (κ3) is 1.90. The van der Waals surface area contributed by atoms with Crippen molar-refractivity contribution >= 4 is 16.6 Å². The minimum absolute atomic E-state index is 0.163. The van der Waals surface area contributed by atoms with Gasteiger partial charge in [-0.25, -0.2) is 0 Å². The van der Waals surface area contributed by atoms with Crippen LogP contribution in [0.15, 0.2) is 42.9 Å². The van der Waals surface area contributed by atoms with Gasteiger partial charge in [0.25, 0.3) is 0 Å². The van der Waals surface area contributed by atoms with Crippen LogP contribution < -0.4 is 5.32 Å². The molecule has 18 heavy (non-hydrogen) atoms. The molecule has 1 unspecified atom stereocenters. The fraction of sp³-hybridized carbons (Fsp3) is 0.154. The van der Waals surface area contributed by atoms with Crippen molar-refractivity contribution in [2.45, 2.75) is 13.0 Å². The summed E-state index contributed by atoms with van der Waals surface area (Å²) >= 11 is 0. The van der Waals surface area contributed by atoms with Crippen molar-refractivity contribution in [3.05, 3.63) is 48.4 Å². The summed E-state index contributed by atoms with van der Waals surface area (Å²) in [5.41, 5.74) is 2.98. The summed E-state index contributed by atoms with van der Waals surface area (Å²) in [6, 6.07) is 8.11. The first-order valence-corrected chi connectivity index (χ1v) is 5.80. The lowest BCUT2D eigenvalue weighted by atomic mass is 10.1. The Balaban J connectivity index is 1.95. The van der Waals surface area contributed by atoms with E-state index in [2.05, 4.69) is 32.6 Å². The summed E-state index contributed by atoms with van der Waals surface area (Å²) in [5.74, 6) is 0. The zero-order valence-electron chi connectivity index (χ0n) is 9.96. The molecule has 2 aromatic heterocycles. The van der Waals surface area contributed by atoms with Crippen LogP contribution in [0.3, 0.4) is 0 Å². The van der Waals surface area contributed by atoms with Gasteiger partial charge in [0.15, 0.2) is 0 Å². The molecular weight excluding hydrogens is 226 g/mol. The van der Waals surface area contributed by atoms with E-state index < -0.39 is 0 Å². The Hall–Kier alpha value is -2.43. The normalized spacial score (nSPS) is 12.5. The summed E-state index contributed by atoms with van der Waals surface area (Å²) < 4.78 is 0. The van der Waals surface area contributed by atoms with Gasteiger partial charge >= 0.3 is 0 Å². The van der Waals surface area contributed by atoms with Gasteiger partial charge in [0.1, 0.15) is 0 Å². The average molecular weight is 239 g/mol. The fourth-order valence-corrected chi connectivity index (χ4v) is 1.94. The minimum atomic E-state index is 0.163. The molecule has 0 saturated carbocycles. The van der Waals surface area contributed by atoms with E-state index in [4.69, 9.17) is 0 Å². The summed E-state index contributed by atoms with van der Waals surface area (Å²) in [7, 11) is 0. The monoisotopic (exact) mass is 239 g/mol. The van der Waals surface area contributed by atoms with Gasteiger partial charge in [-0.2, -0.15) is 15.3 Å². The number of hydrogen-bond donors (Lipinski definition) is 2. The Labute approximate surface area is 104 Å². The van der Waals surface area contributed by atoms with E-state index in [1.165, 1.54) is 0 Å². The Kier molecular flexibility index (Phi) is 2.64. The third-order valence-electron chi connectivity index (χ3n) is 2.94. The second-order valence-electron chi connectivity index (χ2n) is 4.17. The molecule has 3 aromatic rings. The molecule has 0 amide bonds. The summed E-state index contributed by atoms with van der Waals surface area (Å²) in [6.07, 6.45) is 5.45. The van der Waals surface area contributed by atoms with E-state index in [0.717, 1.165) is 22.2 Å². The molecule has 1 aromatic carbocycles. The van der Waals surface area contributed by atoms with E-state index in [-0.39, 0.29) is 6.04 Å². The molecular formula is C13H13N5. The van der Waals surface area contributed by atoms with Gasteiger partial charge in [-0.1, -0.05) is 18.2 Å². The van der Waals surface area contributed by atoms with Gasteiger partial charge < -0.3 is 5.32 Å². The topological polar surface area (TPSA) is 66.5 Å². The number of nitrogens with one attached hydrogen (secondary N) is 2. The lowest BCUT2D eigenvalue weighted by Gasteiger charge is -2.14. The minimum Gasteiger partial charge on any atom is -0.377 e. The maximum atomic E-state index is 4.10. The van der Waals surface area contributed by atoms with Gasteiger partial charge in [-0.05, 0) is 13.0 Å². The second kappa shape index (κ2) is 4.44. The Morgan fingerprint density at radius 3 is 2.94 bits per heavy atom. The van der Waals surface area contributed by atoms with Crippen LogP contribution in [0.1, 0.15) is 18.5 Å². The van der Waals surface area contributed by atoms with Crippen LogP contribution in [0.25, 0.3) is 10.9 Å². The summed E-state index contributed by atoms with van der Waals surface area (Å²) in [5, 5.41) is 19.4. The molecule has 0 aliphatic rings. The van der Waals surface area contributed by atoms with E-state index >= 15 is 0 Å². The van der Waals surface area contributed by atoms with Crippen molar-refractivity contribution in [1.29, 1.82) is 0 Å². The quantitative estimate of drug-likeness (QED) is 0.737. The highest BCUT2D eigenvalue weighted by Gasteiger charge is 2.08. The average Bonchev–Trinajstić information content (AvgIpc) is 2.93. The van der Waals surface area contributed by atoms with E-state index in [9.17, 15) is 0 Å². The van der Waals surface area contributed by atoms with Gasteiger partial charge in [-0.3, -0.25) is 5.10 Å². The fourth-order valence-electron chi connectivity index (χ4n) is 1.94. The van der Waals surface area contributed by atoms with E-state index in [0.29, 0.717) is 0 Å². The maximum absolute atomic E-state index is 4.10. The molecule has 1 atom stereocenters. The number of rotatable bonds is 3. The molecule has 0 radical (unpaired) electrons. The van der Waals surface area contributed by atoms with Gasteiger partial charge in [0, 0.05) is 17.1 Å². The Morgan fingerprint density at radius 1 is 1.22 bits per heavy atom. The van der Waals surface area contributed by atoms with Crippen LogP contribution in [0.5, 0.6) is 0 Å². The predicted octanol–water partition coefficient (Wildman–Crippen LogP) is 2.53. The van der Waals surface area contributed by atoms with Crippen molar-refractivity contribution in [1.82, 2.24) is 20.4 Å². The molecule has 3 rings (SSSR count). The van der Waals surface area contributed by atoms with Crippen LogP contribution >= 0.6 is 0 Å². The number of anilines is 1. The van der Waals surface area contributed by atoms with Gasteiger partial charge in [-0.15, -0.1) is 0 Å². The first-order valence-electron chi connectivity index (χ1n) is 5.80.